The highest BCUT2D eigenvalue weighted by molar-refractivity contribution is 5.83. The second-order valence-electron chi connectivity index (χ2n) is 5.26. The molecule has 2 rings (SSSR count). The molecule has 5 N–H and O–H groups in total. The lowest BCUT2D eigenvalue weighted by atomic mass is 10.1. The number of pyridine rings is 1. The van der Waals surface area contributed by atoms with Crippen LogP contribution < -0.4 is 16.4 Å². The molecule has 2 aromatic heterocycles. The molecule has 22 heavy (non-hydrogen) atoms. The fraction of sp³-hybridized carbons (Fsp3) is 0.400. The van der Waals surface area contributed by atoms with E-state index in [2.05, 4.69) is 25.8 Å². The second-order valence-corrected chi connectivity index (χ2v) is 5.26. The van der Waals surface area contributed by atoms with E-state index in [4.69, 9.17) is 5.73 Å². The van der Waals surface area contributed by atoms with Crippen LogP contribution in [0.4, 0.5) is 5.82 Å². The molecule has 0 unspecified atom stereocenters. The number of aromatic nitrogens is 3. The third kappa shape index (κ3) is 3.82. The topological polar surface area (TPSA) is 109 Å². The zero-order valence-corrected chi connectivity index (χ0v) is 13.1. The Morgan fingerprint density at radius 2 is 2.14 bits per heavy atom. The van der Waals surface area contributed by atoms with Crippen LogP contribution in [0.3, 0.4) is 0 Å². The number of nitrogens with one attached hydrogen (secondary N) is 3. The largest absolute Gasteiger partial charge is 0.368 e. The van der Waals surface area contributed by atoms with E-state index >= 15 is 0 Å². The number of aromatic amines is 1. The number of anilines is 1. The minimum atomic E-state index is -0.712. The molecule has 0 saturated carbocycles. The Morgan fingerprint density at radius 3 is 2.77 bits per heavy atom. The molecule has 0 bridgehead atoms. The molecule has 0 radical (unpaired) electrons. The van der Waals surface area contributed by atoms with Gasteiger partial charge in [0.2, 0.25) is 5.91 Å². The maximum absolute atomic E-state index is 12.1. The van der Waals surface area contributed by atoms with Gasteiger partial charge in [0.25, 0.3) is 0 Å². The molecule has 0 aromatic carbocycles. The Bertz CT molecular complexity index is 632. The van der Waals surface area contributed by atoms with Crippen LogP contribution in [0, 0.1) is 20.8 Å². The van der Waals surface area contributed by atoms with E-state index in [1.54, 1.807) is 6.20 Å². The van der Waals surface area contributed by atoms with E-state index in [-0.39, 0.29) is 5.91 Å². The van der Waals surface area contributed by atoms with Gasteiger partial charge in [0.05, 0.1) is 5.69 Å². The number of hydrogen-bond donors (Lipinski definition) is 4. The Labute approximate surface area is 129 Å². The lowest BCUT2D eigenvalue weighted by molar-refractivity contribution is -0.122. The van der Waals surface area contributed by atoms with Gasteiger partial charge in [0, 0.05) is 30.5 Å². The summed E-state index contributed by atoms with van der Waals surface area (Å²) in [5.41, 5.74) is 9.46. The number of H-pyrrole nitrogens is 1. The van der Waals surface area contributed by atoms with Gasteiger partial charge in [-0.25, -0.2) is 4.98 Å². The predicted octanol–water partition coefficient (Wildman–Crippen LogP) is 0.958. The first-order valence-corrected chi connectivity index (χ1v) is 7.20. The van der Waals surface area contributed by atoms with Crippen molar-refractivity contribution in [2.45, 2.75) is 26.8 Å². The molecular formula is C15H22N6O. The number of amides is 1. The second kappa shape index (κ2) is 7.04. The summed E-state index contributed by atoms with van der Waals surface area (Å²) in [5.74, 6) is 0.576. The van der Waals surface area contributed by atoms with E-state index < -0.39 is 6.04 Å². The fourth-order valence-corrected chi connectivity index (χ4v) is 2.27. The quantitative estimate of drug-likeness (QED) is 0.594. The number of rotatable bonds is 6. The van der Waals surface area contributed by atoms with E-state index in [0.717, 1.165) is 28.3 Å². The van der Waals surface area contributed by atoms with Gasteiger partial charge in [0.15, 0.2) is 0 Å². The first-order chi connectivity index (χ1) is 10.5. The van der Waals surface area contributed by atoms with Crippen LogP contribution in [0.5, 0.6) is 0 Å². The molecular weight excluding hydrogens is 280 g/mol. The maximum atomic E-state index is 12.1. The van der Waals surface area contributed by atoms with E-state index in [0.29, 0.717) is 13.1 Å². The highest BCUT2D eigenvalue weighted by Crippen LogP contribution is 2.17. The first kappa shape index (κ1) is 16.0. The van der Waals surface area contributed by atoms with Crippen molar-refractivity contribution in [3.05, 3.63) is 40.8 Å². The predicted molar refractivity (Wildman–Crippen MR) is 85.5 cm³/mol. The average Bonchev–Trinajstić information content (AvgIpc) is 2.82. The Balaban J connectivity index is 1.81. The minimum absolute atomic E-state index is 0.216. The molecule has 0 saturated heterocycles. The monoisotopic (exact) mass is 302 g/mol. The molecule has 7 heteroatoms. The molecule has 0 aliphatic carbocycles. The molecule has 0 fully saturated rings. The van der Waals surface area contributed by atoms with Crippen molar-refractivity contribution >= 4 is 11.7 Å². The van der Waals surface area contributed by atoms with Gasteiger partial charge in [-0.3, -0.25) is 9.89 Å². The number of nitrogens with two attached hydrogens (primary N) is 1. The van der Waals surface area contributed by atoms with Gasteiger partial charge in [-0.15, -0.1) is 0 Å². The number of nitrogens with zero attached hydrogens (tertiary/aromatic N) is 2. The van der Waals surface area contributed by atoms with Crippen molar-refractivity contribution in [2.75, 3.05) is 18.4 Å². The summed E-state index contributed by atoms with van der Waals surface area (Å²) in [7, 11) is 0. The summed E-state index contributed by atoms with van der Waals surface area (Å²) >= 11 is 0. The van der Waals surface area contributed by atoms with E-state index in [1.807, 2.05) is 32.9 Å². The highest BCUT2D eigenvalue weighted by atomic mass is 16.2. The minimum Gasteiger partial charge on any atom is -0.368 e. The summed E-state index contributed by atoms with van der Waals surface area (Å²) < 4.78 is 0. The zero-order valence-electron chi connectivity index (χ0n) is 13.1. The van der Waals surface area contributed by atoms with Crippen molar-refractivity contribution in [3.63, 3.8) is 0 Å². The van der Waals surface area contributed by atoms with Crippen molar-refractivity contribution in [2.24, 2.45) is 5.73 Å². The van der Waals surface area contributed by atoms with Crippen LogP contribution in [-0.4, -0.2) is 34.2 Å². The van der Waals surface area contributed by atoms with Gasteiger partial charge < -0.3 is 16.4 Å². The van der Waals surface area contributed by atoms with Crippen LogP contribution in [-0.2, 0) is 4.79 Å². The third-order valence-corrected chi connectivity index (χ3v) is 3.42. The molecule has 0 aliphatic heterocycles. The van der Waals surface area contributed by atoms with Crippen LogP contribution in [0.2, 0.25) is 0 Å². The van der Waals surface area contributed by atoms with Gasteiger partial charge in [-0.2, -0.15) is 5.10 Å². The molecule has 1 amide bonds. The van der Waals surface area contributed by atoms with E-state index in [9.17, 15) is 4.79 Å². The summed E-state index contributed by atoms with van der Waals surface area (Å²) in [5, 5.41) is 12.9. The van der Waals surface area contributed by atoms with Crippen LogP contribution in [0.25, 0.3) is 0 Å². The molecule has 0 aliphatic rings. The van der Waals surface area contributed by atoms with Crippen LogP contribution >= 0.6 is 0 Å². The number of hydrogen-bond acceptors (Lipinski definition) is 5. The van der Waals surface area contributed by atoms with Gasteiger partial charge in [-0.1, -0.05) is 0 Å². The third-order valence-electron chi connectivity index (χ3n) is 3.42. The normalized spacial score (nSPS) is 12.0. The lowest BCUT2D eigenvalue weighted by Gasteiger charge is -2.13. The summed E-state index contributed by atoms with van der Waals surface area (Å²) in [6, 6.07) is 3.17. The molecule has 118 valence electrons. The molecule has 0 spiro atoms. The van der Waals surface area contributed by atoms with Crippen LogP contribution in [0.1, 0.15) is 28.6 Å². The highest BCUT2D eigenvalue weighted by Gasteiger charge is 2.21. The van der Waals surface area contributed by atoms with Crippen molar-refractivity contribution in [3.8, 4) is 0 Å². The summed E-state index contributed by atoms with van der Waals surface area (Å²) in [6.07, 6.45) is 1.75. The van der Waals surface area contributed by atoms with Crippen molar-refractivity contribution in [1.82, 2.24) is 20.5 Å². The SMILES string of the molecule is Cc1ccnc(NCCNC(=O)[C@@H](N)c2c(C)n[nH]c2C)c1. The maximum Gasteiger partial charge on any atom is 0.241 e. The first-order valence-electron chi connectivity index (χ1n) is 7.20. The van der Waals surface area contributed by atoms with Gasteiger partial charge in [-0.05, 0) is 38.5 Å². The number of aryl methyl sites for hydroxylation is 3. The summed E-state index contributed by atoms with van der Waals surface area (Å²) in [6.45, 7) is 6.74. The summed E-state index contributed by atoms with van der Waals surface area (Å²) in [4.78, 5) is 16.3. The molecule has 1 atom stereocenters. The zero-order chi connectivity index (χ0) is 16.1. The molecule has 2 heterocycles. The average molecular weight is 302 g/mol. The Hall–Kier alpha value is -2.41. The van der Waals surface area contributed by atoms with Crippen LogP contribution in [0.15, 0.2) is 18.3 Å². The molecule has 7 nitrogen and oxygen atoms in total. The number of carbonyl (C=O) groups excluding carboxylic acids is 1. The molecule has 2 aromatic rings. The Morgan fingerprint density at radius 1 is 1.36 bits per heavy atom. The van der Waals surface area contributed by atoms with Crippen molar-refractivity contribution < 1.29 is 4.79 Å². The number of carbonyl (C=O) groups is 1. The van der Waals surface area contributed by atoms with E-state index in [1.165, 1.54) is 0 Å². The van der Waals surface area contributed by atoms with Gasteiger partial charge in [0.1, 0.15) is 11.9 Å². The fourth-order valence-electron chi connectivity index (χ4n) is 2.27. The van der Waals surface area contributed by atoms with Gasteiger partial charge >= 0.3 is 0 Å². The standard InChI is InChI=1S/C15H22N6O/c1-9-4-5-17-12(8-9)18-6-7-19-15(22)14(16)13-10(2)20-21-11(13)3/h4-5,8,14H,6-7,16H2,1-3H3,(H,17,18)(H,19,22)(H,20,21)/t14-/m0/s1. The smallest absolute Gasteiger partial charge is 0.241 e. The van der Waals surface area contributed by atoms with Crippen molar-refractivity contribution in [1.29, 1.82) is 0 Å². The lowest BCUT2D eigenvalue weighted by Crippen LogP contribution is -2.37. The Kier molecular flexibility index (Phi) is 5.11.